The van der Waals surface area contributed by atoms with E-state index in [1.165, 1.54) is 6.07 Å². The summed E-state index contributed by atoms with van der Waals surface area (Å²) in [6.45, 7) is 1.72. The van der Waals surface area contributed by atoms with Crippen LogP contribution >= 0.6 is 0 Å². The SMILES string of the molecule is CN1CCCC(C(=O)c2ccccc2C(=O)O)C1. The molecular formula is C14H17NO3. The van der Waals surface area contributed by atoms with E-state index in [1.54, 1.807) is 18.2 Å². The third kappa shape index (κ3) is 2.59. The average Bonchev–Trinajstić information content (AvgIpc) is 2.38. The number of carboxylic acid groups (broad SMARTS) is 1. The van der Waals surface area contributed by atoms with Gasteiger partial charge in [-0.25, -0.2) is 4.79 Å². The molecule has 4 nitrogen and oxygen atoms in total. The van der Waals surface area contributed by atoms with Crippen molar-refractivity contribution in [3.05, 3.63) is 35.4 Å². The minimum absolute atomic E-state index is 0.0421. The number of likely N-dealkylation sites (tertiary alicyclic amines) is 1. The maximum absolute atomic E-state index is 12.4. The number of Topliss-reactive ketones (excluding diaryl/α,β-unsaturated/α-hetero) is 1. The zero-order valence-corrected chi connectivity index (χ0v) is 10.4. The number of benzene rings is 1. The molecule has 0 bridgehead atoms. The third-order valence-corrected chi connectivity index (χ3v) is 3.42. The quantitative estimate of drug-likeness (QED) is 0.829. The van der Waals surface area contributed by atoms with Crippen LogP contribution in [0.25, 0.3) is 0 Å². The molecule has 1 aliphatic rings. The fourth-order valence-corrected chi connectivity index (χ4v) is 2.48. The van der Waals surface area contributed by atoms with Crippen LogP contribution in [0.1, 0.15) is 33.6 Å². The second-order valence-corrected chi connectivity index (χ2v) is 4.82. The number of aromatic carboxylic acids is 1. The molecule has 0 spiro atoms. The second kappa shape index (κ2) is 5.31. The smallest absolute Gasteiger partial charge is 0.336 e. The van der Waals surface area contributed by atoms with Gasteiger partial charge in [0, 0.05) is 18.0 Å². The number of rotatable bonds is 3. The highest BCUT2D eigenvalue weighted by atomic mass is 16.4. The summed E-state index contributed by atoms with van der Waals surface area (Å²) in [4.78, 5) is 25.6. The van der Waals surface area contributed by atoms with Crippen molar-refractivity contribution >= 4 is 11.8 Å². The Hall–Kier alpha value is -1.68. The predicted octanol–water partition coefficient (Wildman–Crippen LogP) is 1.91. The summed E-state index contributed by atoms with van der Waals surface area (Å²) < 4.78 is 0. The lowest BCUT2D eigenvalue weighted by Crippen LogP contribution is -2.36. The van der Waals surface area contributed by atoms with E-state index in [4.69, 9.17) is 5.11 Å². The highest BCUT2D eigenvalue weighted by Gasteiger charge is 2.27. The van der Waals surface area contributed by atoms with E-state index in [2.05, 4.69) is 4.90 Å². The summed E-state index contributed by atoms with van der Waals surface area (Å²) >= 11 is 0. The van der Waals surface area contributed by atoms with Crippen molar-refractivity contribution in [1.29, 1.82) is 0 Å². The molecule has 0 amide bonds. The monoisotopic (exact) mass is 247 g/mol. The zero-order chi connectivity index (χ0) is 13.1. The van der Waals surface area contributed by atoms with Gasteiger partial charge >= 0.3 is 5.97 Å². The van der Waals surface area contributed by atoms with Gasteiger partial charge in [-0.15, -0.1) is 0 Å². The summed E-state index contributed by atoms with van der Waals surface area (Å²) in [5.74, 6) is -1.16. The van der Waals surface area contributed by atoms with Gasteiger partial charge in [0.1, 0.15) is 0 Å². The maximum atomic E-state index is 12.4. The van der Waals surface area contributed by atoms with E-state index in [0.717, 1.165) is 19.4 Å². The second-order valence-electron chi connectivity index (χ2n) is 4.82. The Bertz CT molecular complexity index is 470. The number of carbonyl (C=O) groups excluding carboxylic acids is 1. The lowest BCUT2D eigenvalue weighted by Gasteiger charge is -2.28. The van der Waals surface area contributed by atoms with Crippen LogP contribution in [0, 0.1) is 5.92 Å². The molecule has 0 aromatic heterocycles. The van der Waals surface area contributed by atoms with Crippen LogP contribution in [0.15, 0.2) is 24.3 Å². The largest absolute Gasteiger partial charge is 0.478 e. The Morgan fingerprint density at radius 3 is 2.56 bits per heavy atom. The van der Waals surface area contributed by atoms with E-state index in [9.17, 15) is 9.59 Å². The van der Waals surface area contributed by atoms with Crippen LogP contribution in [0.4, 0.5) is 0 Å². The Labute approximate surface area is 106 Å². The fraction of sp³-hybridized carbons (Fsp3) is 0.429. The molecule has 1 aromatic carbocycles. The molecule has 0 saturated carbocycles. The maximum Gasteiger partial charge on any atom is 0.336 e. The highest BCUT2D eigenvalue weighted by molar-refractivity contribution is 6.06. The van der Waals surface area contributed by atoms with Crippen LogP contribution in [-0.4, -0.2) is 41.9 Å². The van der Waals surface area contributed by atoms with Crippen molar-refractivity contribution in [2.24, 2.45) is 5.92 Å². The zero-order valence-electron chi connectivity index (χ0n) is 10.4. The molecule has 2 rings (SSSR count). The van der Waals surface area contributed by atoms with Gasteiger partial charge in [0.2, 0.25) is 0 Å². The van der Waals surface area contributed by atoms with Crippen molar-refractivity contribution in [2.75, 3.05) is 20.1 Å². The summed E-state index contributed by atoms with van der Waals surface area (Å²) in [5.41, 5.74) is 0.445. The summed E-state index contributed by atoms with van der Waals surface area (Å²) in [6, 6.07) is 6.46. The molecule has 1 fully saturated rings. The van der Waals surface area contributed by atoms with Crippen LogP contribution in [-0.2, 0) is 0 Å². The molecule has 18 heavy (non-hydrogen) atoms. The number of carboxylic acids is 1. The first-order valence-electron chi connectivity index (χ1n) is 6.14. The number of piperidine rings is 1. The first kappa shape index (κ1) is 12.8. The molecule has 1 aromatic rings. The summed E-state index contributed by atoms with van der Waals surface area (Å²) in [7, 11) is 1.99. The van der Waals surface area contributed by atoms with Gasteiger partial charge in [0.15, 0.2) is 5.78 Å². The molecule has 0 radical (unpaired) electrons. The molecule has 4 heteroatoms. The Morgan fingerprint density at radius 2 is 1.94 bits per heavy atom. The van der Waals surface area contributed by atoms with Gasteiger partial charge in [-0.1, -0.05) is 18.2 Å². The number of carbonyl (C=O) groups is 2. The predicted molar refractivity (Wildman–Crippen MR) is 68.0 cm³/mol. The van der Waals surface area contributed by atoms with Gasteiger partial charge in [-0.2, -0.15) is 0 Å². The van der Waals surface area contributed by atoms with Gasteiger partial charge < -0.3 is 10.0 Å². The minimum Gasteiger partial charge on any atom is -0.478 e. The van der Waals surface area contributed by atoms with E-state index in [1.807, 2.05) is 7.05 Å². The van der Waals surface area contributed by atoms with Gasteiger partial charge in [-0.3, -0.25) is 4.79 Å². The number of ketones is 1. The van der Waals surface area contributed by atoms with Crippen LogP contribution in [0.5, 0.6) is 0 Å². The lowest BCUT2D eigenvalue weighted by atomic mass is 9.88. The molecule has 1 N–H and O–H groups in total. The van der Waals surface area contributed by atoms with E-state index < -0.39 is 5.97 Å². The van der Waals surface area contributed by atoms with Gasteiger partial charge in [-0.05, 0) is 32.5 Å². The molecule has 1 atom stereocenters. The molecule has 1 unspecified atom stereocenters. The van der Waals surface area contributed by atoms with Crippen LogP contribution in [0.3, 0.4) is 0 Å². The van der Waals surface area contributed by atoms with Crippen molar-refractivity contribution in [2.45, 2.75) is 12.8 Å². The van der Waals surface area contributed by atoms with E-state index in [-0.39, 0.29) is 17.3 Å². The Morgan fingerprint density at radius 1 is 1.28 bits per heavy atom. The molecule has 96 valence electrons. The van der Waals surface area contributed by atoms with Crippen LogP contribution in [0.2, 0.25) is 0 Å². The molecule has 1 saturated heterocycles. The van der Waals surface area contributed by atoms with E-state index in [0.29, 0.717) is 12.1 Å². The highest BCUT2D eigenvalue weighted by Crippen LogP contribution is 2.22. The van der Waals surface area contributed by atoms with Gasteiger partial charge in [0.05, 0.1) is 5.56 Å². The number of nitrogens with zero attached hydrogens (tertiary/aromatic N) is 1. The topological polar surface area (TPSA) is 57.6 Å². The van der Waals surface area contributed by atoms with Crippen LogP contribution < -0.4 is 0 Å². The van der Waals surface area contributed by atoms with Crippen molar-refractivity contribution < 1.29 is 14.7 Å². The Kier molecular flexibility index (Phi) is 3.77. The first-order valence-corrected chi connectivity index (χ1v) is 6.14. The first-order chi connectivity index (χ1) is 8.59. The standard InChI is InChI=1S/C14H17NO3/c1-15-8-4-5-10(9-15)13(16)11-6-2-3-7-12(11)14(17)18/h2-3,6-7,10H,4-5,8-9H2,1H3,(H,17,18). The average molecular weight is 247 g/mol. The third-order valence-electron chi connectivity index (χ3n) is 3.42. The van der Waals surface area contributed by atoms with Gasteiger partial charge in [0.25, 0.3) is 0 Å². The molecular weight excluding hydrogens is 230 g/mol. The molecule has 0 aliphatic carbocycles. The number of hydrogen-bond donors (Lipinski definition) is 1. The number of hydrogen-bond acceptors (Lipinski definition) is 3. The summed E-state index contributed by atoms with van der Waals surface area (Å²) in [6.07, 6.45) is 1.83. The normalized spacial score (nSPS) is 20.6. The van der Waals surface area contributed by atoms with Crippen molar-refractivity contribution in [3.63, 3.8) is 0 Å². The molecule has 1 aliphatic heterocycles. The van der Waals surface area contributed by atoms with Crippen molar-refractivity contribution in [1.82, 2.24) is 4.90 Å². The molecule has 1 heterocycles. The summed E-state index contributed by atoms with van der Waals surface area (Å²) in [5, 5.41) is 9.10. The van der Waals surface area contributed by atoms with E-state index >= 15 is 0 Å². The Balaban J connectivity index is 2.25. The lowest BCUT2D eigenvalue weighted by molar-refractivity contribution is 0.0687. The van der Waals surface area contributed by atoms with Crippen molar-refractivity contribution in [3.8, 4) is 0 Å². The minimum atomic E-state index is -1.04. The fourth-order valence-electron chi connectivity index (χ4n) is 2.48.